The van der Waals surface area contributed by atoms with Crippen molar-refractivity contribution in [2.75, 3.05) is 11.1 Å². The Bertz CT molecular complexity index is 1110. The van der Waals surface area contributed by atoms with Crippen LogP contribution in [0.2, 0.25) is 0 Å². The van der Waals surface area contributed by atoms with Gasteiger partial charge in [0.25, 0.3) is 5.91 Å². The second-order valence-corrected chi connectivity index (χ2v) is 8.10. The summed E-state index contributed by atoms with van der Waals surface area (Å²) in [4.78, 5) is 23.8. The minimum atomic E-state index is -0.598. The second-order valence-electron chi connectivity index (χ2n) is 7.15. The average molecular weight is 440 g/mol. The third-order valence-electron chi connectivity index (χ3n) is 4.82. The van der Waals surface area contributed by atoms with Gasteiger partial charge in [-0.3, -0.25) is 9.59 Å². The molecular weight excluding hydrogens is 414 g/mol. The van der Waals surface area contributed by atoms with Crippen LogP contribution in [-0.2, 0) is 11.8 Å². The number of aryl methyl sites for hydroxylation is 2. The lowest BCUT2D eigenvalue weighted by Gasteiger charge is -2.15. The Labute approximate surface area is 185 Å². The Kier molecular flexibility index (Phi) is 6.96. The van der Waals surface area contributed by atoms with Gasteiger partial charge in [0.15, 0.2) is 17.1 Å². The SMILES string of the molecule is Cc1ccc(OC(C)c2nnc(SCC(=O)Nc3ccccc3C(N)=O)n2C)cc1C. The summed E-state index contributed by atoms with van der Waals surface area (Å²) in [6.07, 6.45) is -0.315. The zero-order valence-electron chi connectivity index (χ0n) is 17.9. The van der Waals surface area contributed by atoms with Gasteiger partial charge in [0.2, 0.25) is 5.91 Å². The Morgan fingerprint density at radius 3 is 2.61 bits per heavy atom. The van der Waals surface area contributed by atoms with Gasteiger partial charge in [-0.25, -0.2) is 0 Å². The molecule has 0 bridgehead atoms. The number of carbonyl (C=O) groups is 2. The van der Waals surface area contributed by atoms with E-state index in [4.69, 9.17) is 10.5 Å². The van der Waals surface area contributed by atoms with E-state index in [1.807, 2.05) is 39.1 Å². The number of hydrogen-bond acceptors (Lipinski definition) is 6. The van der Waals surface area contributed by atoms with Gasteiger partial charge < -0.3 is 20.4 Å². The molecule has 1 heterocycles. The minimum Gasteiger partial charge on any atom is -0.483 e. The van der Waals surface area contributed by atoms with Gasteiger partial charge in [-0.05, 0) is 56.2 Å². The van der Waals surface area contributed by atoms with Gasteiger partial charge in [-0.1, -0.05) is 30.0 Å². The summed E-state index contributed by atoms with van der Waals surface area (Å²) >= 11 is 1.24. The van der Waals surface area contributed by atoms with Crippen molar-refractivity contribution in [1.29, 1.82) is 0 Å². The Balaban J connectivity index is 1.62. The number of thioether (sulfide) groups is 1. The van der Waals surface area contributed by atoms with E-state index >= 15 is 0 Å². The van der Waals surface area contributed by atoms with E-state index in [-0.39, 0.29) is 23.3 Å². The lowest BCUT2D eigenvalue weighted by molar-refractivity contribution is -0.113. The second kappa shape index (κ2) is 9.65. The molecule has 0 aliphatic carbocycles. The first kappa shape index (κ1) is 22.4. The summed E-state index contributed by atoms with van der Waals surface area (Å²) in [6.45, 7) is 6.00. The average Bonchev–Trinajstić information content (AvgIpc) is 3.10. The van der Waals surface area contributed by atoms with Gasteiger partial charge in [-0.15, -0.1) is 10.2 Å². The number of benzene rings is 2. The number of carbonyl (C=O) groups excluding carboxylic acids is 2. The molecule has 2 aromatic carbocycles. The standard InChI is InChI=1S/C22H25N5O3S/c1-13-9-10-16(11-14(13)2)30-15(3)21-25-26-22(27(21)4)31-12-19(28)24-18-8-6-5-7-17(18)20(23)29/h5-11,15H,12H2,1-4H3,(H2,23,29)(H,24,28). The molecule has 8 nitrogen and oxygen atoms in total. The quantitative estimate of drug-likeness (QED) is 0.520. The van der Waals surface area contributed by atoms with Gasteiger partial charge in [-0.2, -0.15) is 0 Å². The molecule has 0 saturated carbocycles. The number of nitrogens with zero attached hydrogens (tertiary/aromatic N) is 3. The fourth-order valence-electron chi connectivity index (χ4n) is 2.97. The van der Waals surface area contributed by atoms with E-state index in [1.54, 1.807) is 28.8 Å². The van der Waals surface area contributed by atoms with Crippen LogP contribution < -0.4 is 15.8 Å². The van der Waals surface area contributed by atoms with E-state index in [9.17, 15) is 9.59 Å². The molecule has 162 valence electrons. The maximum Gasteiger partial charge on any atom is 0.250 e. The van der Waals surface area contributed by atoms with Crippen LogP contribution in [0.5, 0.6) is 5.75 Å². The number of hydrogen-bond donors (Lipinski definition) is 2. The van der Waals surface area contributed by atoms with Crippen molar-refractivity contribution < 1.29 is 14.3 Å². The van der Waals surface area contributed by atoms with Crippen LogP contribution in [0.15, 0.2) is 47.6 Å². The molecule has 0 fully saturated rings. The first-order valence-corrected chi connectivity index (χ1v) is 10.7. The van der Waals surface area contributed by atoms with Crippen LogP contribution in [0.3, 0.4) is 0 Å². The molecule has 0 radical (unpaired) electrons. The Morgan fingerprint density at radius 2 is 1.90 bits per heavy atom. The van der Waals surface area contributed by atoms with Crippen molar-refractivity contribution >= 4 is 29.3 Å². The molecule has 0 aliphatic heterocycles. The smallest absolute Gasteiger partial charge is 0.250 e. The predicted molar refractivity (Wildman–Crippen MR) is 120 cm³/mol. The fraction of sp³-hybridized carbons (Fsp3) is 0.273. The number of para-hydroxylation sites is 1. The topological polar surface area (TPSA) is 112 Å². The molecule has 1 atom stereocenters. The molecule has 0 spiro atoms. The van der Waals surface area contributed by atoms with E-state index in [1.165, 1.54) is 17.3 Å². The first-order chi connectivity index (χ1) is 14.8. The van der Waals surface area contributed by atoms with Gasteiger partial charge in [0, 0.05) is 7.05 Å². The fourth-order valence-corrected chi connectivity index (χ4v) is 3.69. The Morgan fingerprint density at radius 1 is 1.16 bits per heavy atom. The van der Waals surface area contributed by atoms with Crippen LogP contribution in [0.25, 0.3) is 0 Å². The number of rotatable bonds is 8. The highest BCUT2D eigenvalue weighted by Gasteiger charge is 2.19. The molecule has 3 aromatic rings. The number of ether oxygens (including phenoxy) is 1. The van der Waals surface area contributed by atoms with Crippen molar-refractivity contribution in [3.63, 3.8) is 0 Å². The number of anilines is 1. The van der Waals surface area contributed by atoms with E-state index in [2.05, 4.69) is 22.4 Å². The summed E-state index contributed by atoms with van der Waals surface area (Å²) in [6, 6.07) is 12.6. The van der Waals surface area contributed by atoms with Gasteiger partial charge in [0.05, 0.1) is 17.0 Å². The number of amides is 2. The molecule has 3 N–H and O–H groups in total. The van der Waals surface area contributed by atoms with E-state index in [0.29, 0.717) is 16.7 Å². The van der Waals surface area contributed by atoms with Crippen molar-refractivity contribution in [2.24, 2.45) is 12.8 Å². The summed E-state index contributed by atoms with van der Waals surface area (Å²) in [7, 11) is 1.83. The third kappa shape index (κ3) is 5.43. The summed E-state index contributed by atoms with van der Waals surface area (Å²) in [5, 5.41) is 11.7. The van der Waals surface area contributed by atoms with Crippen LogP contribution in [0.1, 0.15) is 40.3 Å². The lowest BCUT2D eigenvalue weighted by Crippen LogP contribution is -2.19. The molecule has 9 heteroatoms. The van der Waals surface area contributed by atoms with Gasteiger partial charge >= 0.3 is 0 Å². The normalized spacial score (nSPS) is 11.7. The molecule has 3 rings (SSSR count). The van der Waals surface area contributed by atoms with Crippen molar-refractivity contribution in [2.45, 2.75) is 32.0 Å². The summed E-state index contributed by atoms with van der Waals surface area (Å²) in [5.41, 5.74) is 8.35. The van der Waals surface area contributed by atoms with Crippen LogP contribution in [-0.4, -0.2) is 32.3 Å². The molecule has 0 saturated heterocycles. The highest BCUT2D eigenvalue weighted by atomic mass is 32.2. The maximum absolute atomic E-state index is 12.3. The summed E-state index contributed by atoms with van der Waals surface area (Å²) in [5.74, 6) is 0.647. The van der Waals surface area contributed by atoms with Gasteiger partial charge in [0.1, 0.15) is 5.75 Å². The van der Waals surface area contributed by atoms with Crippen LogP contribution >= 0.6 is 11.8 Å². The Hall–Kier alpha value is -3.33. The number of nitrogens with two attached hydrogens (primary N) is 1. The highest BCUT2D eigenvalue weighted by Crippen LogP contribution is 2.25. The molecular formula is C22H25N5O3S. The van der Waals surface area contributed by atoms with Crippen molar-refractivity contribution in [3.8, 4) is 5.75 Å². The third-order valence-corrected chi connectivity index (χ3v) is 5.84. The molecule has 31 heavy (non-hydrogen) atoms. The first-order valence-electron chi connectivity index (χ1n) is 9.71. The monoisotopic (exact) mass is 439 g/mol. The number of aromatic nitrogens is 3. The molecule has 1 unspecified atom stereocenters. The van der Waals surface area contributed by atoms with Crippen LogP contribution in [0, 0.1) is 13.8 Å². The van der Waals surface area contributed by atoms with Crippen molar-refractivity contribution in [1.82, 2.24) is 14.8 Å². The number of primary amides is 1. The largest absolute Gasteiger partial charge is 0.483 e. The summed E-state index contributed by atoms with van der Waals surface area (Å²) < 4.78 is 7.82. The molecule has 0 aliphatic rings. The predicted octanol–water partition coefficient (Wildman–Crippen LogP) is 3.40. The minimum absolute atomic E-state index is 0.103. The highest BCUT2D eigenvalue weighted by molar-refractivity contribution is 7.99. The van der Waals surface area contributed by atoms with E-state index < -0.39 is 5.91 Å². The number of nitrogens with one attached hydrogen (secondary N) is 1. The lowest BCUT2D eigenvalue weighted by atomic mass is 10.1. The van der Waals surface area contributed by atoms with Crippen LogP contribution in [0.4, 0.5) is 5.69 Å². The van der Waals surface area contributed by atoms with E-state index in [0.717, 1.165) is 11.3 Å². The molecule has 2 amide bonds. The van der Waals surface area contributed by atoms with Crippen molar-refractivity contribution in [3.05, 3.63) is 65.0 Å². The zero-order valence-corrected chi connectivity index (χ0v) is 18.7. The maximum atomic E-state index is 12.3. The molecule has 1 aromatic heterocycles. The zero-order chi connectivity index (χ0) is 22.5.